The first-order valence-corrected chi connectivity index (χ1v) is 6.81. The quantitative estimate of drug-likeness (QED) is 0.730. The zero-order valence-corrected chi connectivity index (χ0v) is 10.1. The molecule has 17 heavy (non-hydrogen) atoms. The number of fused-ring (bicyclic) bond motifs is 1. The van der Waals surface area contributed by atoms with Crippen LogP contribution in [0.4, 0.5) is 0 Å². The zero-order valence-electron chi connectivity index (χ0n) is 10.1. The molecule has 0 spiro atoms. The van der Waals surface area contributed by atoms with Gasteiger partial charge in [-0.15, -0.1) is 0 Å². The van der Waals surface area contributed by atoms with Gasteiger partial charge < -0.3 is 15.6 Å². The van der Waals surface area contributed by atoms with Crippen molar-refractivity contribution in [3.63, 3.8) is 0 Å². The predicted molar refractivity (Wildman–Crippen MR) is 66.7 cm³/mol. The Bertz CT molecular complexity index is 360. The third-order valence-electron chi connectivity index (χ3n) is 4.42. The lowest BCUT2D eigenvalue weighted by Crippen LogP contribution is -2.36. The molecule has 0 bridgehead atoms. The van der Waals surface area contributed by atoms with Gasteiger partial charge in [0.2, 0.25) is 0 Å². The van der Waals surface area contributed by atoms with Gasteiger partial charge in [-0.1, -0.05) is 0 Å². The van der Waals surface area contributed by atoms with Crippen LogP contribution in [-0.4, -0.2) is 41.6 Å². The SMILES string of the molecule is C1=CC(N2C[C@H]3CCN[C@H]3C2)=CN(C2CC2)N1. The minimum atomic E-state index is 0.730. The molecule has 0 aromatic carbocycles. The third kappa shape index (κ3) is 1.71. The molecule has 2 saturated heterocycles. The van der Waals surface area contributed by atoms with Gasteiger partial charge in [-0.2, -0.15) is 0 Å². The van der Waals surface area contributed by atoms with E-state index in [1.807, 2.05) is 0 Å². The number of likely N-dealkylation sites (tertiary alicyclic amines) is 1. The van der Waals surface area contributed by atoms with Crippen molar-refractivity contribution in [2.45, 2.75) is 31.3 Å². The average molecular weight is 232 g/mol. The smallest absolute Gasteiger partial charge is 0.0563 e. The highest BCUT2D eigenvalue weighted by molar-refractivity contribution is 5.22. The van der Waals surface area contributed by atoms with Crippen LogP contribution in [0, 0.1) is 5.92 Å². The zero-order chi connectivity index (χ0) is 11.2. The maximum atomic E-state index is 3.61. The Morgan fingerprint density at radius 1 is 1.18 bits per heavy atom. The standard InChI is InChI=1S/C13H20N4/c1-2-11(1)17-8-12(4-6-15-17)16-7-10-3-5-14-13(10)9-16/h4,6,8,10-11,13-15H,1-3,5,7,9H2/t10-,13+/m1/s1. The average Bonchev–Trinajstić information content (AvgIpc) is 2.98. The van der Waals surface area contributed by atoms with E-state index in [-0.39, 0.29) is 0 Å². The van der Waals surface area contributed by atoms with Crippen molar-refractivity contribution in [2.24, 2.45) is 5.92 Å². The van der Waals surface area contributed by atoms with Crippen LogP contribution in [0.3, 0.4) is 0 Å². The molecule has 3 aliphatic heterocycles. The van der Waals surface area contributed by atoms with E-state index in [0.29, 0.717) is 0 Å². The Balaban J connectivity index is 1.49. The van der Waals surface area contributed by atoms with Crippen LogP contribution in [0.15, 0.2) is 24.2 Å². The van der Waals surface area contributed by atoms with E-state index in [2.05, 4.69) is 39.1 Å². The largest absolute Gasteiger partial charge is 0.368 e. The van der Waals surface area contributed by atoms with Gasteiger partial charge in [-0.3, -0.25) is 5.01 Å². The van der Waals surface area contributed by atoms with E-state index >= 15 is 0 Å². The van der Waals surface area contributed by atoms with Crippen molar-refractivity contribution in [2.75, 3.05) is 19.6 Å². The van der Waals surface area contributed by atoms with E-state index in [1.165, 1.54) is 44.6 Å². The van der Waals surface area contributed by atoms with Crippen molar-refractivity contribution in [1.29, 1.82) is 0 Å². The summed E-state index contributed by atoms with van der Waals surface area (Å²) < 4.78 is 0. The molecular formula is C13H20N4. The van der Waals surface area contributed by atoms with Crippen LogP contribution in [0.1, 0.15) is 19.3 Å². The highest BCUT2D eigenvalue weighted by Crippen LogP contribution is 2.31. The maximum Gasteiger partial charge on any atom is 0.0563 e. The second kappa shape index (κ2) is 3.67. The first-order chi connectivity index (χ1) is 8.40. The van der Waals surface area contributed by atoms with Crippen LogP contribution in [-0.2, 0) is 0 Å². The molecule has 3 heterocycles. The van der Waals surface area contributed by atoms with Gasteiger partial charge in [0.25, 0.3) is 0 Å². The van der Waals surface area contributed by atoms with Crippen LogP contribution in [0.25, 0.3) is 0 Å². The van der Waals surface area contributed by atoms with Crippen molar-refractivity contribution >= 4 is 0 Å². The fourth-order valence-electron chi connectivity index (χ4n) is 3.24. The molecule has 3 fully saturated rings. The number of allylic oxidation sites excluding steroid dienone is 1. The van der Waals surface area contributed by atoms with Gasteiger partial charge in [0.15, 0.2) is 0 Å². The van der Waals surface area contributed by atoms with Gasteiger partial charge in [0.1, 0.15) is 0 Å². The summed E-state index contributed by atoms with van der Waals surface area (Å²) in [5.74, 6) is 0.869. The summed E-state index contributed by atoms with van der Waals surface area (Å²) >= 11 is 0. The molecule has 2 N–H and O–H groups in total. The summed E-state index contributed by atoms with van der Waals surface area (Å²) in [5, 5.41) is 5.89. The number of hydrogen-bond acceptors (Lipinski definition) is 4. The molecule has 92 valence electrons. The number of hydrogen-bond donors (Lipinski definition) is 2. The summed E-state index contributed by atoms with van der Waals surface area (Å²) in [5.41, 5.74) is 4.70. The number of nitrogens with zero attached hydrogens (tertiary/aromatic N) is 2. The van der Waals surface area contributed by atoms with Gasteiger partial charge in [0.05, 0.1) is 5.70 Å². The highest BCUT2D eigenvalue weighted by Gasteiger charge is 2.37. The first-order valence-electron chi connectivity index (χ1n) is 6.81. The molecular weight excluding hydrogens is 212 g/mol. The molecule has 1 aliphatic carbocycles. The minimum Gasteiger partial charge on any atom is -0.368 e. The lowest BCUT2D eigenvalue weighted by molar-refractivity contribution is 0.281. The molecule has 1 saturated carbocycles. The Labute approximate surface area is 102 Å². The van der Waals surface area contributed by atoms with E-state index in [4.69, 9.17) is 0 Å². The topological polar surface area (TPSA) is 30.5 Å². The molecule has 4 heteroatoms. The van der Waals surface area contributed by atoms with Crippen molar-refractivity contribution in [3.05, 3.63) is 24.2 Å². The van der Waals surface area contributed by atoms with Gasteiger partial charge in [-0.05, 0) is 37.8 Å². The van der Waals surface area contributed by atoms with Crippen LogP contribution in [0.2, 0.25) is 0 Å². The molecule has 2 atom stereocenters. The van der Waals surface area contributed by atoms with E-state index in [0.717, 1.165) is 18.0 Å². The molecule has 4 aliphatic rings. The summed E-state index contributed by atoms with van der Waals surface area (Å²) in [6, 6.07) is 1.46. The monoisotopic (exact) mass is 232 g/mol. The summed E-state index contributed by atoms with van der Waals surface area (Å²) in [4.78, 5) is 2.54. The van der Waals surface area contributed by atoms with E-state index < -0.39 is 0 Å². The lowest BCUT2D eigenvalue weighted by Gasteiger charge is -2.29. The van der Waals surface area contributed by atoms with E-state index in [9.17, 15) is 0 Å². The maximum absolute atomic E-state index is 3.61. The second-order valence-corrected chi connectivity index (χ2v) is 5.67. The van der Waals surface area contributed by atoms with Gasteiger partial charge in [0, 0.05) is 37.6 Å². The summed E-state index contributed by atoms with van der Waals surface area (Å²) in [6.45, 7) is 3.62. The lowest BCUT2D eigenvalue weighted by atomic mass is 10.1. The Hall–Kier alpha value is -1.16. The normalized spacial score (nSPS) is 35.9. The first kappa shape index (κ1) is 9.83. The Morgan fingerprint density at radius 2 is 2.12 bits per heavy atom. The molecule has 4 nitrogen and oxygen atoms in total. The molecule has 0 aromatic heterocycles. The molecule has 0 unspecified atom stereocenters. The number of nitrogens with one attached hydrogen (secondary N) is 2. The molecule has 0 radical (unpaired) electrons. The van der Waals surface area contributed by atoms with Gasteiger partial charge >= 0.3 is 0 Å². The molecule has 4 rings (SSSR count). The fraction of sp³-hybridized carbons (Fsp3) is 0.692. The van der Waals surface area contributed by atoms with Crippen molar-refractivity contribution in [1.82, 2.24) is 20.7 Å². The Morgan fingerprint density at radius 3 is 2.94 bits per heavy atom. The van der Waals surface area contributed by atoms with Crippen molar-refractivity contribution in [3.8, 4) is 0 Å². The van der Waals surface area contributed by atoms with Gasteiger partial charge in [-0.25, -0.2) is 0 Å². The summed E-state index contributed by atoms with van der Waals surface area (Å²) in [6.07, 6.45) is 10.6. The predicted octanol–water partition coefficient (Wildman–Crippen LogP) is 0.618. The number of rotatable bonds is 2. The fourth-order valence-corrected chi connectivity index (χ4v) is 3.24. The van der Waals surface area contributed by atoms with E-state index in [1.54, 1.807) is 0 Å². The number of hydrazine groups is 1. The minimum absolute atomic E-state index is 0.730. The highest BCUT2D eigenvalue weighted by atomic mass is 15.5. The molecule has 0 aromatic rings. The van der Waals surface area contributed by atoms with Crippen LogP contribution >= 0.6 is 0 Å². The second-order valence-electron chi connectivity index (χ2n) is 5.67. The summed E-state index contributed by atoms with van der Waals surface area (Å²) in [7, 11) is 0. The third-order valence-corrected chi connectivity index (χ3v) is 4.42. The van der Waals surface area contributed by atoms with Crippen LogP contribution < -0.4 is 10.7 Å². The van der Waals surface area contributed by atoms with Crippen LogP contribution in [0.5, 0.6) is 0 Å². The van der Waals surface area contributed by atoms with Crippen molar-refractivity contribution < 1.29 is 0 Å². The Kier molecular flexibility index (Phi) is 2.12. The molecule has 0 amide bonds.